The smallest absolute Gasteiger partial charge is 0.227 e. The highest BCUT2D eigenvalue weighted by Crippen LogP contribution is 2.32. The van der Waals surface area contributed by atoms with Gasteiger partial charge in [-0.05, 0) is 18.9 Å². The second-order valence-electron chi connectivity index (χ2n) is 8.08. The van der Waals surface area contributed by atoms with E-state index in [-0.39, 0.29) is 24.3 Å². The SMILES string of the molecule is COc1ccccc1CC(=O)N1CCC[C@H]1c1nc(CN(C)C(C)=O)cc(N(C)C)n1. The van der Waals surface area contributed by atoms with E-state index >= 15 is 0 Å². The predicted octanol–water partition coefficient (Wildman–Crippen LogP) is 2.44. The molecule has 2 amide bonds. The molecule has 0 aliphatic carbocycles. The van der Waals surface area contributed by atoms with Crippen LogP contribution in [0.3, 0.4) is 0 Å². The highest BCUT2D eigenvalue weighted by molar-refractivity contribution is 5.80. The summed E-state index contributed by atoms with van der Waals surface area (Å²) in [4.78, 5) is 39.8. The topological polar surface area (TPSA) is 78.9 Å². The molecule has 1 saturated heterocycles. The average Bonchev–Trinajstić information content (AvgIpc) is 3.24. The van der Waals surface area contributed by atoms with Gasteiger partial charge >= 0.3 is 0 Å². The van der Waals surface area contributed by atoms with Crippen molar-refractivity contribution in [3.8, 4) is 5.75 Å². The maximum Gasteiger partial charge on any atom is 0.227 e. The number of aromatic nitrogens is 2. The van der Waals surface area contributed by atoms with Gasteiger partial charge in [-0.3, -0.25) is 9.59 Å². The predicted molar refractivity (Wildman–Crippen MR) is 119 cm³/mol. The molecule has 1 aliphatic heterocycles. The minimum absolute atomic E-state index is 0.0268. The molecule has 0 saturated carbocycles. The lowest BCUT2D eigenvalue weighted by molar-refractivity contribution is -0.131. The van der Waals surface area contributed by atoms with Crippen LogP contribution in [0.2, 0.25) is 0 Å². The zero-order chi connectivity index (χ0) is 22.5. The van der Waals surface area contributed by atoms with Gasteiger partial charge in [0, 0.05) is 46.2 Å². The van der Waals surface area contributed by atoms with Gasteiger partial charge in [-0.25, -0.2) is 9.97 Å². The Balaban J connectivity index is 1.87. The molecular formula is C23H31N5O3. The summed E-state index contributed by atoms with van der Waals surface area (Å²) in [5, 5.41) is 0. The zero-order valence-electron chi connectivity index (χ0n) is 19.0. The lowest BCUT2D eigenvalue weighted by Crippen LogP contribution is -2.33. The molecule has 2 heterocycles. The first kappa shape index (κ1) is 22.5. The summed E-state index contributed by atoms with van der Waals surface area (Å²) in [5.41, 5.74) is 1.63. The van der Waals surface area contributed by atoms with Gasteiger partial charge in [0.25, 0.3) is 0 Å². The van der Waals surface area contributed by atoms with Crippen molar-refractivity contribution in [2.75, 3.05) is 39.7 Å². The fraction of sp³-hybridized carbons (Fsp3) is 0.478. The summed E-state index contributed by atoms with van der Waals surface area (Å²) in [6, 6.07) is 9.30. The monoisotopic (exact) mass is 425 g/mol. The molecule has 1 aromatic heterocycles. The Kier molecular flexibility index (Phi) is 7.09. The van der Waals surface area contributed by atoms with Crippen LogP contribution in [0.25, 0.3) is 0 Å². The van der Waals surface area contributed by atoms with E-state index in [0.717, 1.165) is 29.9 Å². The van der Waals surface area contributed by atoms with E-state index in [2.05, 4.69) is 0 Å². The number of carbonyl (C=O) groups excluding carboxylic acids is 2. The Morgan fingerprint density at radius 3 is 2.61 bits per heavy atom. The lowest BCUT2D eigenvalue weighted by Gasteiger charge is -2.26. The molecule has 31 heavy (non-hydrogen) atoms. The van der Waals surface area contributed by atoms with Crippen molar-refractivity contribution in [2.24, 2.45) is 0 Å². The first-order valence-corrected chi connectivity index (χ1v) is 10.5. The number of rotatable bonds is 7. The van der Waals surface area contributed by atoms with Gasteiger partial charge in [-0.15, -0.1) is 0 Å². The van der Waals surface area contributed by atoms with Crippen LogP contribution in [-0.4, -0.2) is 66.4 Å². The van der Waals surface area contributed by atoms with Crippen molar-refractivity contribution >= 4 is 17.6 Å². The molecule has 1 aromatic carbocycles. The summed E-state index contributed by atoms with van der Waals surface area (Å²) in [6.45, 7) is 2.61. The van der Waals surface area contributed by atoms with Crippen LogP contribution in [0.5, 0.6) is 5.75 Å². The average molecular weight is 426 g/mol. The van der Waals surface area contributed by atoms with E-state index in [1.165, 1.54) is 6.92 Å². The van der Waals surface area contributed by atoms with Gasteiger partial charge in [0.2, 0.25) is 11.8 Å². The van der Waals surface area contributed by atoms with Crippen molar-refractivity contribution in [3.05, 3.63) is 47.4 Å². The molecule has 8 heteroatoms. The van der Waals surface area contributed by atoms with Crippen LogP contribution in [0, 0.1) is 0 Å². The Labute approximate surface area is 183 Å². The van der Waals surface area contributed by atoms with Crippen LogP contribution >= 0.6 is 0 Å². The van der Waals surface area contributed by atoms with Gasteiger partial charge in [-0.1, -0.05) is 18.2 Å². The van der Waals surface area contributed by atoms with Crippen molar-refractivity contribution in [1.29, 1.82) is 0 Å². The maximum atomic E-state index is 13.2. The van der Waals surface area contributed by atoms with Crippen molar-refractivity contribution in [3.63, 3.8) is 0 Å². The molecule has 3 rings (SSSR count). The molecule has 2 aromatic rings. The molecule has 8 nitrogen and oxygen atoms in total. The summed E-state index contributed by atoms with van der Waals surface area (Å²) in [5.74, 6) is 2.12. The minimum atomic E-state index is -0.177. The van der Waals surface area contributed by atoms with Crippen molar-refractivity contribution in [1.82, 2.24) is 19.8 Å². The van der Waals surface area contributed by atoms with Gasteiger partial charge in [0.15, 0.2) is 5.82 Å². The number of amides is 2. The van der Waals surface area contributed by atoms with Gasteiger partial charge in [-0.2, -0.15) is 0 Å². The second kappa shape index (κ2) is 9.76. The first-order valence-electron chi connectivity index (χ1n) is 10.5. The van der Waals surface area contributed by atoms with Crippen LogP contribution in [0.15, 0.2) is 30.3 Å². The van der Waals surface area contributed by atoms with Crippen LogP contribution < -0.4 is 9.64 Å². The Morgan fingerprint density at radius 2 is 1.94 bits per heavy atom. The minimum Gasteiger partial charge on any atom is -0.496 e. The third-order valence-corrected chi connectivity index (χ3v) is 5.58. The molecule has 0 spiro atoms. The highest BCUT2D eigenvalue weighted by Gasteiger charge is 2.33. The molecule has 0 radical (unpaired) electrons. The highest BCUT2D eigenvalue weighted by atomic mass is 16.5. The summed E-state index contributed by atoms with van der Waals surface area (Å²) < 4.78 is 5.40. The van der Waals surface area contributed by atoms with E-state index in [0.29, 0.717) is 24.7 Å². The van der Waals surface area contributed by atoms with Crippen molar-refractivity contribution < 1.29 is 14.3 Å². The number of para-hydroxylation sites is 1. The number of hydrogen-bond donors (Lipinski definition) is 0. The number of methoxy groups -OCH3 is 1. The van der Waals surface area contributed by atoms with Gasteiger partial charge in [0.1, 0.15) is 11.6 Å². The fourth-order valence-electron chi connectivity index (χ4n) is 3.76. The van der Waals surface area contributed by atoms with Crippen molar-refractivity contribution in [2.45, 2.75) is 38.8 Å². The maximum absolute atomic E-state index is 13.2. The van der Waals surface area contributed by atoms with E-state index in [9.17, 15) is 9.59 Å². The molecular weight excluding hydrogens is 394 g/mol. The standard InChI is InChI=1S/C23H31N5O3/c1-16(29)27(4)15-18-14-21(26(2)3)25-23(24-18)19-10-8-12-28(19)22(30)13-17-9-6-7-11-20(17)31-5/h6-7,9,11,14,19H,8,10,12-13,15H2,1-5H3/t19-/m0/s1. The third-order valence-electron chi connectivity index (χ3n) is 5.58. The van der Waals surface area contributed by atoms with E-state index in [1.54, 1.807) is 19.1 Å². The molecule has 1 fully saturated rings. The number of nitrogens with zero attached hydrogens (tertiary/aromatic N) is 5. The van der Waals surface area contributed by atoms with E-state index in [4.69, 9.17) is 14.7 Å². The van der Waals surface area contributed by atoms with Crippen LogP contribution in [-0.2, 0) is 22.6 Å². The molecule has 0 N–H and O–H groups in total. The Bertz CT molecular complexity index is 947. The molecule has 1 atom stereocenters. The molecule has 0 unspecified atom stereocenters. The number of likely N-dealkylation sites (tertiary alicyclic amines) is 1. The Hall–Kier alpha value is -3.16. The van der Waals surface area contributed by atoms with Crippen LogP contribution in [0.4, 0.5) is 5.82 Å². The van der Waals surface area contributed by atoms with Crippen LogP contribution in [0.1, 0.15) is 42.9 Å². The summed E-state index contributed by atoms with van der Waals surface area (Å²) in [6.07, 6.45) is 1.99. The molecule has 0 bridgehead atoms. The number of ether oxygens (including phenoxy) is 1. The molecule has 1 aliphatic rings. The first-order chi connectivity index (χ1) is 14.8. The van der Waals surface area contributed by atoms with Gasteiger partial charge in [0.05, 0.1) is 31.8 Å². The summed E-state index contributed by atoms with van der Waals surface area (Å²) in [7, 11) is 7.20. The quantitative estimate of drug-likeness (QED) is 0.678. The lowest BCUT2D eigenvalue weighted by atomic mass is 10.1. The van der Waals surface area contributed by atoms with Gasteiger partial charge < -0.3 is 19.4 Å². The van der Waals surface area contributed by atoms with E-state index < -0.39 is 0 Å². The number of anilines is 1. The Morgan fingerprint density at radius 1 is 1.19 bits per heavy atom. The third kappa shape index (κ3) is 5.31. The number of benzene rings is 1. The second-order valence-corrected chi connectivity index (χ2v) is 8.08. The number of carbonyl (C=O) groups is 2. The largest absolute Gasteiger partial charge is 0.496 e. The zero-order valence-corrected chi connectivity index (χ0v) is 19.0. The normalized spacial score (nSPS) is 15.6. The summed E-state index contributed by atoms with van der Waals surface area (Å²) >= 11 is 0. The van der Waals surface area contributed by atoms with E-state index in [1.807, 2.05) is 54.2 Å². The number of hydrogen-bond acceptors (Lipinski definition) is 6. The fourth-order valence-corrected chi connectivity index (χ4v) is 3.76. The molecule has 166 valence electrons.